The fourth-order valence-corrected chi connectivity index (χ4v) is 2.66. The van der Waals surface area contributed by atoms with Crippen molar-refractivity contribution in [1.29, 1.82) is 5.26 Å². The highest BCUT2D eigenvalue weighted by Gasteiger charge is 2.20. The van der Waals surface area contributed by atoms with E-state index >= 15 is 0 Å². The Kier molecular flexibility index (Phi) is 3.54. The van der Waals surface area contributed by atoms with Gasteiger partial charge in [-0.1, -0.05) is 42.8 Å². The van der Waals surface area contributed by atoms with Crippen molar-refractivity contribution in [2.75, 3.05) is 0 Å². The van der Waals surface area contributed by atoms with E-state index < -0.39 is 6.10 Å². The molecule has 1 fully saturated rings. The fraction of sp³-hybridized carbons (Fsp3) is 0.278. The van der Waals surface area contributed by atoms with E-state index in [0.717, 1.165) is 11.1 Å². The molecule has 0 heterocycles. The molecule has 0 saturated heterocycles. The molecule has 3 rings (SSSR count). The van der Waals surface area contributed by atoms with Crippen LogP contribution in [0.1, 0.15) is 53.5 Å². The Labute approximate surface area is 119 Å². The summed E-state index contributed by atoms with van der Waals surface area (Å²) in [7, 11) is 0. The van der Waals surface area contributed by atoms with Crippen molar-refractivity contribution in [3.05, 3.63) is 70.8 Å². The van der Waals surface area contributed by atoms with Crippen LogP contribution in [0, 0.1) is 11.3 Å². The van der Waals surface area contributed by atoms with Crippen molar-refractivity contribution in [3.63, 3.8) is 0 Å². The zero-order chi connectivity index (χ0) is 13.9. The van der Waals surface area contributed by atoms with Gasteiger partial charge in [-0.2, -0.15) is 5.26 Å². The molecule has 0 aliphatic heterocycles. The maximum atomic E-state index is 10.5. The summed E-state index contributed by atoms with van der Waals surface area (Å²) in [5.41, 5.74) is 3.71. The molecule has 1 aliphatic rings. The SMILES string of the molecule is N#Cc1ccc(C(O)c2cccc(C3CCC3)c2)cc1. The van der Waals surface area contributed by atoms with E-state index in [1.807, 2.05) is 24.3 Å². The van der Waals surface area contributed by atoms with Gasteiger partial charge in [0.1, 0.15) is 6.10 Å². The molecule has 100 valence electrons. The van der Waals surface area contributed by atoms with Gasteiger partial charge in [-0.05, 0) is 47.6 Å². The molecule has 0 spiro atoms. The smallest absolute Gasteiger partial charge is 0.104 e. The quantitative estimate of drug-likeness (QED) is 0.912. The lowest BCUT2D eigenvalue weighted by atomic mass is 9.79. The molecule has 1 atom stereocenters. The minimum atomic E-state index is -0.622. The summed E-state index contributed by atoms with van der Waals surface area (Å²) in [5, 5.41) is 19.3. The van der Waals surface area contributed by atoms with Crippen LogP contribution in [0.2, 0.25) is 0 Å². The number of rotatable bonds is 3. The lowest BCUT2D eigenvalue weighted by molar-refractivity contribution is 0.220. The summed E-state index contributed by atoms with van der Waals surface area (Å²) in [4.78, 5) is 0. The number of hydrogen-bond acceptors (Lipinski definition) is 2. The Bertz CT molecular complexity index is 635. The molecule has 2 aromatic carbocycles. The van der Waals surface area contributed by atoms with Crippen molar-refractivity contribution >= 4 is 0 Å². The predicted octanol–water partition coefficient (Wildman–Crippen LogP) is 3.91. The Morgan fingerprint density at radius 1 is 1.05 bits per heavy atom. The Hall–Kier alpha value is -2.11. The van der Waals surface area contributed by atoms with Gasteiger partial charge in [0.25, 0.3) is 0 Å². The highest BCUT2D eigenvalue weighted by atomic mass is 16.3. The van der Waals surface area contributed by atoms with Crippen LogP contribution >= 0.6 is 0 Å². The Morgan fingerprint density at radius 2 is 1.80 bits per heavy atom. The van der Waals surface area contributed by atoms with E-state index in [9.17, 15) is 5.11 Å². The van der Waals surface area contributed by atoms with E-state index in [-0.39, 0.29) is 0 Å². The molecule has 1 unspecified atom stereocenters. The van der Waals surface area contributed by atoms with Crippen molar-refractivity contribution in [3.8, 4) is 6.07 Å². The predicted molar refractivity (Wildman–Crippen MR) is 78.3 cm³/mol. The molecule has 1 aliphatic carbocycles. The summed E-state index contributed by atoms with van der Waals surface area (Å²) >= 11 is 0. The standard InChI is InChI=1S/C18H17NO/c19-12-13-7-9-15(10-8-13)18(20)17-6-2-5-16(11-17)14-3-1-4-14/h2,5-11,14,18,20H,1,3-4H2. The van der Waals surface area contributed by atoms with E-state index in [1.54, 1.807) is 12.1 Å². The summed E-state index contributed by atoms with van der Waals surface area (Å²) in [6.45, 7) is 0. The third-order valence-corrected chi connectivity index (χ3v) is 4.16. The molecule has 2 aromatic rings. The van der Waals surface area contributed by atoms with Gasteiger partial charge in [0, 0.05) is 0 Å². The third-order valence-electron chi connectivity index (χ3n) is 4.16. The molecule has 2 heteroatoms. The fourth-order valence-electron chi connectivity index (χ4n) is 2.66. The topological polar surface area (TPSA) is 44.0 Å². The zero-order valence-electron chi connectivity index (χ0n) is 11.3. The molecule has 1 saturated carbocycles. The Balaban J connectivity index is 1.85. The molecule has 0 radical (unpaired) electrons. The number of nitrogens with zero attached hydrogens (tertiary/aromatic N) is 1. The zero-order valence-corrected chi connectivity index (χ0v) is 11.3. The summed E-state index contributed by atoms with van der Waals surface area (Å²) in [6, 6.07) is 17.5. The molecular formula is C18H17NO. The average molecular weight is 263 g/mol. The highest BCUT2D eigenvalue weighted by molar-refractivity contribution is 5.38. The molecule has 0 amide bonds. The molecule has 2 nitrogen and oxygen atoms in total. The summed E-state index contributed by atoms with van der Waals surface area (Å²) < 4.78 is 0. The lowest BCUT2D eigenvalue weighted by Gasteiger charge is -2.26. The first kappa shape index (κ1) is 12.9. The van der Waals surface area contributed by atoms with Crippen molar-refractivity contribution in [2.24, 2.45) is 0 Å². The van der Waals surface area contributed by atoms with Gasteiger partial charge in [-0.15, -0.1) is 0 Å². The summed E-state index contributed by atoms with van der Waals surface area (Å²) in [5.74, 6) is 0.670. The van der Waals surface area contributed by atoms with E-state index in [2.05, 4.69) is 18.2 Å². The first-order valence-electron chi connectivity index (χ1n) is 7.06. The lowest BCUT2D eigenvalue weighted by Crippen LogP contribution is -2.09. The van der Waals surface area contributed by atoms with E-state index in [1.165, 1.54) is 24.8 Å². The normalized spacial score (nSPS) is 16.2. The second-order valence-electron chi connectivity index (χ2n) is 5.43. The largest absolute Gasteiger partial charge is 0.384 e. The van der Waals surface area contributed by atoms with Crippen LogP contribution in [-0.4, -0.2) is 5.11 Å². The number of aliphatic hydroxyl groups excluding tert-OH is 1. The number of aliphatic hydroxyl groups is 1. The Morgan fingerprint density at radius 3 is 2.40 bits per heavy atom. The molecule has 0 bridgehead atoms. The van der Waals surface area contributed by atoms with Gasteiger partial charge < -0.3 is 5.11 Å². The van der Waals surface area contributed by atoms with Gasteiger partial charge in [-0.25, -0.2) is 0 Å². The van der Waals surface area contributed by atoms with Crippen LogP contribution in [-0.2, 0) is 0 Å². The highest BCUT2D eigenvalue weighted by Crippen LogP contribution is 2.37. The second-order valence-corrected chi connectivity index (χ2v) is 5.43. The van der Waals surface area contributed by atoms with E-state index in [0.29, 0.717) is 11.5 Å². The maximum Gasteiger partial charge on any atom is 0.104 e. The minimum Gasteiger partial charge on any atom is -0.384 e. The van der Waals surface area contributed by atoms with Gasteiger partial charge >= 0.3 is 0 Å². The molecule has 1 N–H and O–H groups in total. The van der Waals surface area contributed by atoms with Gasteiger partial charge in [-0.3, -0.25) is 0 Å². The van der Waals surface area contributed by atoms with Crippen LogP contribution in [0.4, 0.5) is 0 Å². The van der Waals surface area contributed by atoms with Crippen molar-refractivity contribution < 1.29 is 5.11 Å². The van der Waals surface area contributed by atoms with Crippen molar-refractivity contribution in [1.82, 2.24) is 0 Å². The molecule has 0 aromatic heterocycles. The molecule has 20 heavy (non-hydrogen) atoms. The number of hydrogen-bond donors (Lipinski definition) is 1. The first-order chi connectivity index (χ1) is 9.78. The average Bonchev–Trinajstić information content (AvgIpc) is 2.45. The van der Waals surface area contributed by atoms with Crippen LogP contribution in [0.5, 0.6) is 0 Å². The number of nitriles is 1. The van der Waals surface area contributed by atoms with Gasteiger partial charge in [0.2, 0.25) is 0 Å². The van der Waals surface area contributed by atoms with Crippen LogP contribution in [0.25, 0.3) is 0 Å². The summed E-state index contributed by atoms with van der Waals surface area (Å²) in [6.07, 6.45) is 3.21. The third kappa shape index (κ3) is 2.45. The van der Waals surface area contributed by atoms with E-state index in [4.69, 9.17) is 5.26 Å². The maximum absolute atomic E-state index is 10.5. The van der Waals surface area contributed by atoms with Gasteiger partial charge in [0.15, 0.2) is 0 Å². The van der Waals surface area contributed by atoms with Crippen LogP contribution < -0.4 is 0 Å². The van der Waals surface area contributed by atoms with Crippen LogP contribution in [0.15, 0.2) is 48.5 Å². The minimum absolute atomic E-state index is 0.615. The van der Waals surface area contributed by atoms with Gasteiger partial charge in [0.05, 0.1) is 11.6 Å². The number of benzene rings is 2. The van der Waals surface area contributed by atoms with Crippen LogP contribution in [0.3, 0.4) is 0 Å². The van der Waals surface area contributed by atoms with Crippen molar-refractivity contribution in [2.45, 2.75) is 31.3 Å². The molecular weight excluding hydrogens is 246 g/mol. The monoisotopic (exact) mass is 263 g/mol. The second kappa shape index (κ2) is 5.48. The first-order valence-corrected chi connectivity index (χ1v) is 7.06.